The van der Waals surface area contributed by atoms with E-state index < -0.39 is 5.91 Å². The molecule has 1 heterocycles. The number of hydrogen-bond donors (Lipinski definition) is 2. The third-order valence-corrected chi connectivity index (χ3v) is 4.07. The zero-order chi connectivity index (χ0) is 15.0. The Kier molecular flexibility index (Phi) is 3.29. The predicted molar refractivity (Wildman–Crippen MR) is 85.3 cm³/mol. The number of primary amides is 1. The van der Waals surface area contributed by atoms with Gasteiger partial charge >= 0.3 is 0 Å². The second-order valence-electron chi connectivity index (χ2n) is 5.54. The molecule has 4 nitrogen and oxygen atoms in total. The Balaban J connectivity index is 2.02. The highest BCUT2D eigenvalue weighted by molar-refractivity contribution is 5.98. The molecule has 0 fully saturated rings. The summed E-state index contributed by atoms with van der Waals surface area (Å²) in [7, 11) is 0. The summed E-state index contributed by atoms with van der Waals surface area (Å²) in [5.41, 5.74) is 17.4. The number of carbonyl (C=O) groups excluding carboxylic acids is 1. The molecule has 0 saturated carbocycles. The summed E-state index contributed by atoms with van der Waals surface area (Å²) in [5, 5.41) is 0. The van der Waals surface area contributed by atoms with Crippen molar-refractivity contribution in [3.8, 4) is 0 Å². The molecule has 4 N–H and O–H groups in total. The monoisotopic (exact) mass is 281 g/mol. The normalized spacial score (nSPS) is 13.9. The molecule has 1 aliphatic heterocycles. The molecule has 2 aromatic rings. The highest BCUT2D eigenvalue weighted by Gasteiger charge is 2.21. The van der Waals surface area contributed by atoms with Gasteiger partial charge in [-0.1, -0.05) is 18.2 Å². The molecule has 0 atom stereocenters. The van der Waals surface area contributed by atoms with Crippen LogP contribution in [0.15, 0.2) is 36.4 Å². The van der Waals surface area contributed by atoms with E-state index in [9.17, 15) is 4.79 Å². The summed E-state index contributed by atoms with van der Waals surface area (Å²) in [4.78, 5) is 13.8. The first-order valence-electron chi connectivity index (χ1n) is 7.08. The van der Waals surface area contributed by atoms with Gasteiger partial charge in [-0.25, -0.2) is 0 Å². The topological polar surface area (TPSA) is 72.4 Å². The largest absolute Gasteiger partial charge is 0.398 e. The maximum absolute atomic E-state index is 11.7. The van der Waals surface area contributed by atoms with E-state index in [-0.39, 0.29) is 0 Å². The van der Waals surface area contributed by atoms with Crippen LogP contribution < -0.4 is 16.4 Å². The van der Waals surface area contributed by atoms with Crippen LogP contribution >= 0.6 is 0 Å². The van der Waals surface area contributed by atoms with Gasteiger partial charge in [0.2, 0.25) is 0 Å². The summed E-state index contributed by atoms with van der Waals surface area (Å²) in [5.74, 6) is -0.392. The fraction of sp³-hybridized carbons (Fsp3) is 0.235. The van der Waals surface area contributed by atoms with Crippen molar-refractivity contribution in [1.29, 1.82) is 0 Å². The van der Waals surface area contributed by atoms with E-state index >= 15 is 0 Å². The van der Waals surface area contributed by atoms with Crippen molar-refractivity contribution in [1.82, 2.24) is 0 Å². The summed E-state index contributed by atoms with van der Waals surface area (Å²) < 4.78 is 0. The van der Waals surface area contributed by atoms with E-state index in [0.717, 1.165) is 35.5 Å². The van der Waals surface area contributed by atoms with Crippen LogP contribution in [0.1, 0.15) is 27.0 Å². The molecule has 0 aliphatic carbocycles. The van der Waals surface area contributed by atoms with Gasteiger partial charge in [0.1, 0.15) is 0 Å². The molecule has 0 bridgehead atoms. The van der Waals surface area contributed by atoms with E-state index in [0.29, 0.717) is 12.1 Å². The Hall–Kier alpha value is -2.49. The number of rotatable bonds is 2. The van der Waals surface area contributed by atoms with Crippen LogP contribution in [0.4, 0.5) is 11.4 Å². The lowest BCUT2D eigenvalue weighted by Gasteiger charge is -2.32. The van der Waals surface area contributed by atoms with Crippen molar-refractivity contribution in [2.45, 2.75) is 19.9 Å². The number of nitrogens with two attached hydrogens (primary N) is 2. The average molecular weight is 281 g/mol. The zero-order valence-electron chi connectivity index (χ0n) is 12.1. The molecular weight excluding hydrogens is 262 g/mol. The lowest BCUT2D eigenvalue weighted by Crippen LogP contribution is -2.32. The van der Waals surface area contributed by atoms with Crippen LogP contribution in [-0.4, -0.2) is 12.5 Å². The molecule has 21 heavy (non-hydrogen) atoms. The van der Waals surface area contributed by atoms with Gasteiger partial charge < -0.3 is 16.4 Å². The molecule has 2 aromatic carbocycles. The Morgan fingerprint density at radius 2 is 2.05 bits per heavy atom. The highest BCUT2D eigenvalue weighted by Crippen LogP contribution is 2.30. The third-order valence-electron chi connectivity index (χ3n) is 4.07. The predicted octanol–water partition coefficient (Wildman–Crippen LogP) is 2.24. The standard InChI is InChI=1S/C17H19N3O/c1-11-5-6-13(17(19)21)16(9-11)20-8-7-12-3-2-4-15(18)14(12)10-20/h2-6,9H,7-8,10,18H2,1H3,(H2,19,21). The number of anilines is 2. The molecule has 0 saturated heterocycles. The number of nitrogen functional groups attached to an aromatic ring is 1. The fourth-order valence-electron chi connectivity index (χ4n) is 2.92. The van der Waals surface area contributed by atoms with E-state index in [2.05, 4.69) is 11.0 Å². The Morgan fingerprint density at radius 1 is 1.24 bits per heavy atom. The second kappa shape index (κ2) is 5.13. The van der Waals surface area contributed by atoms with Crippen molar-refractivity contribution in [3.63, 3.8) is 0 Å². The number of hydrogen-bond acceptors (Lipinski definition) is 3. The second-order valence-corrected chi connectivity index (χ2v) is 5.54. The SMILES string of the molecule is Cc1ccc(C(N)=O)c(N2CCc3cccc(N)c3C2)c1. The van der Waals surface area contributed by atoms with E-state index in [1.54, 1.807) is 6.07 Å². The molecule has 4 heteroatoms. The number of fused-ring (bicyclic) bond motifs is 1. The van der Waals surface area contributed by atoms with Gasteiger partial charge in [0.05, 0.1) is 11.3 Å². The van der Waals surface area contributed by atoms with Gasteiger partial charge in [-0.15, -0.1) is 0 Å². The number of aryl methyl sites for hydroxylation is 1. The smallest absolute Gasteiger partial charge is 0.250 e. The van der Waals surface area contributed by atoms with Crippen molar-refractivity contribution in [2.75, 3.05) is 17.2 Å². The minimum Gasteiger partial charge on any atom is -0.398 e. The molecule has 0 aromatic heterocycles. The van der Waals surface area contributed by atoms with Gasteiger partial charge in [-0.05, 0) is 48.2 Å². The molecule has 0 unspecified atom stereocenters. The van der Waals surface area contributed by atoms with Gasteiger partial charge in [-0.2, -0.15) is 0 Å². The van der Waals surface area contributed by atoms with Crippen LogP contribution in [-0.2, 0) is 13.0 Å². The van der Waals surface area contributed by atoms with E-state index in [1.807, 2.05) is 31.2 Å². The minimum absolute atomic E-state index is 0.392. The fourth-order valence-corrected chi connectivity index (χ4v) is 2.92. The van der Waals surface area contributed by atoms with Crippen LogP contribution in [0, 0.1) is 6.92 Å². The first kappa shape index (κ1) is 13.5. The molecule has 0 spiro atoms. The van der Waals surface area contributed by atoms with Crippen LogP contribution in [0.5, 0.6) is 0 Å². The maximum Gasteiger partial charge on any atom is 0.250 e. The Labute approximate surface area is 124 Å². The molecule has 1 aliphatic rings. The van der Waals surface area contributed by atoms with Gasteiger partial charge in [-0.3, -0.25) is 4.79 Å². The maximum atomic E-state index is 11.7. The Bertz CT molecular complexity index is 709. The van der Waals surface area contributed by atoms with Crippen molar-refractivity contribution in [2.24, 2.45) is 5.73 Å². The van der Waals surface area contributed by atoms with E-state index in [4.69, 9.17) is 11.5 Å². The van der Waals surface area contributed by atoms with Crippen LogP contribution in [0.2, 0.25) is 0 Å². The van der Waals surface area contributed by atoms with Crippen LogP contribution in [0.25, 0.3) is 0 Å². The molecule has 1 amide bonds. The van der Waals surface area contributed by atoms with Crippen molar-refractivity contribution < 1.29 is 4.79 Å². The third kappa shape index (κ3) is 2.44. The van der Waals surface area contributed by atoms with Crippen molar-refractivity contribution >= 4 is 17.3 Å². The van der Waals surface area contributed by atoms with Gasteiger partial charge in [0.25, 0.3) is 5.91 Å². The molecule has 108 valence electrons. The number of carbonyl (C=O) groups is 1. The van der Waals surface area contributed by atoms with Gasteiger partial charge in [0, 0.05) is 18.8 Å². The summed E-state index contributed by atoms with van der Waals surface area (Å²) >= 11 is 0. The molecule has 0 radical (unpaired) electrons. The summed E-state index contributed by atoms with van der Waals surface area (Å²) in [6.45, 7) is 3.59. The highest BCUT2D eigenvalue weighted by atomic mass is 16.1. The lowest BCUT2D eigenvalue weighted by atomic mass is 9.96. The molecule has 3 rings (SSSR count). The van der Waals surface area contributed by atoms with E-state index in [1.165, 1.54) is 5.56 Å². The average Bonchev–Trinajstić information content (AvgIpc) is 2.47. The number of benzene rings is 2. The van der Waals surface area contributed by atoms with Gasteiger partial charge in [0.15, 0.2) is 0 Å². The minimum atomic E-state index is -0.392. The first-order chi connectivity index (χ1) is 10.1. The number of nitrogens with zero attached hydrogens (tertiary/aromatic N) is 1. The zero-order valence-corrected chi connectivity index (χ0v) is 12.1. The van der Waals surface area contributed by atoms with Crippen LogP contribution in [0.3, 0.4) is 0 Å². The Morgan fingerprint density at radius 3 is 2.81 bits per heavy atom. The number of amides is 1. The summed E-state index contributed by atoms with van der Waals surface area (Å²) in [6.07, 6.45) is 0.923. The summed E-state index contributed by atoms with van der Waals surface area (Å²) in [6, 6.07) is 11.8. The quantitative estimate of drug-likeness (QED) is 0.829. The lowest BCUT2D eigenvalue weighted by molar-refractivity contribution is 0.100. The van der Waals surface area contributed by atoms with Crippen molar-refractivity contribution in [3.05, 3.63) is 58.7 Å². The molecular formula is C17H19N3O. The first-order valence-corrected chi connectivity index (χ1v) is 7.08.